The van der Waals surface area contributed by atoms with Crippen LogP contribution in [-0.4, -0.2) is 49.1 Å². The molecule has 5 aliphatic carbocycles. The highest BCUT2D eigenvalue weighted by atomic mass is 19.1. The number of carbonyl (C=O) groups is 2. The molecule has 1 aromatic carbocycles. The molecule has 0 spiro atoms. The van der Waals surface area contributed by atoms with E-state index in [4.69, 9.17) is 0 Å². The minimum Gasteiger partial charge on any atom is -0.477 e. The Morgan fingerprint density at radius 2 is 1.61 bits per heavy atom. The van der Waals surface area contributed by atoms with Crippen LogP contribution >= 0.6 is 0 Å². The van der Waals surface area contributed by atoms with Crippen molar-refractivity contribution in [3.63, 3.8) is 0 Å². The van der Waals surface area contributed by atoms with Crippen LogP contribution in [0.4, 0.5) is 8.78 Å². The lowest BCUT2D eigenvalue weighted by atomic mass is 9.36. The molecule has 0 radical (unpaired) electrons. The van der Waals surface area contributed by atoms with Crippen LogP contribution in [0.25, 0.3) is 5.57 Å². The highest BCUT2D eigenvalue weighted by molar-refractivity contribution is 5.89. The lowest BCUT2D eigenvalue weighted by Gasteiger charge is -2.68. The molecule has 0 aliphatic heterocycles. The van der Waals surface area contributed by atoms with Crippen molar-refractivity contribution < 1.29 is 23.5 Å². The highest BCUT2D eigenvalue weighted by Gasteiger charge is 2.66. The predicted octanol–water partition coefficient (Wildman–Crippen LogP) is 7.80. The number of rotatable bonds is 6. The number of likely N-dealkylation sites (N-methyl/N-ethyl adjacent to an activating group) is 1. The Bertz CT molecular complexity index is 1350. The Hall–Kier alpha value is -2.28. The second-order valence-electron chi connectivity index (χ2n) is 16.4. The molecule has 242 valence electrons. The van der Waals surface area contributed by atoms with Gasteiger partial charge in [-0.3, -0.25) is 4.79 Å². The molecule has 1 amide bonds. The topological polar surface area (TPSA) is 69.6 Å². The number of aromatic carboxylic acids is 1. The monoisotopic (exact) mass is 610 g/mol. The zero-order chi connectivity index (χ0) is 31.8. The van der Waals surface area contributed by atoms with E-state index in [9.17, 15) is 23.5 Å². The van der Waals surface area contributed by atoms with Gasteiger partial charge >= 0.3 is 5.97 Å². The SMILES string of the molecule is CN(C)CCNC(=O)[C@]12CCCC1[C@H]1CCC3[C@@](C)(CCC4C(C)(C)C(c5cc(F)c(C(=O)O)c(F)c5)=CC[C@@]43C)C1CC2. The van der Waals surface area contributed by atoms with Gasteiger partial charge in [-0.2, -0.15) is 0 Å². The summed E-state index contributed by atoms with van der Waals surface area (Å²) in [6.45, 7) is 11.1. The molecular formula is C37H52F2N2O3. The largest absolute Gasteiger partial charge is 0.477 e. The minimum atomic E-state index is -1.58. The normalized spacial score (nSPS) is 39.0. The van der Waals surface area contributed by atoms with E-state index in [0.717, 1.165) is 57.1 Å². The second kappa shape index (κ2) is 10.9. The van der Waals surface area contributed by atoms with Crippen molar-refractivity contribution >= 4 is 17.4 Å². The first kappa shape index (κ1) is 31.7. The van der Waals surface area contributed by atoms with Crippen LogP contribution in [0.5, 0.6) is 0 Å². The van der Waals surface area contributed by atoms with Gasteiger partial charge in [0.05, 0.1) is 5.41 Å². The predicted molar refractivity (Wildman–Crippen MR) is 169 cm³/mol. The zero-order valence-electron chi connectivity index (χ0n) is 27.6. The van der Waals surface area contributed by atoms with Crippen LogP contribution in [0.3, 0.4) is 0 Å². The first-order chi connectivity index (χ1) is 20.7. The third-order valence-corrected chi connectivity index (χ3v) is 14.0. The number of allylic oxidation sites excluding steroid dienone is 2. The van der Waals surface area contributed by atoms with Gasteiger partial charge < -0.3 is 15.3 Å². The van der Waals surface area contributed by atoms with Gasteiger partial charge in [-0.15, -0.1) is 0 Å². The van der Waals surface area contributed by atoms with Crippen molar-refractivity contribution in [2.24, 2.45) is 51.2 Å². The average molecular weight is 611 g/mol. The molecule has 5 nitrogen and oxygen atoms in total. The van der Waals surface area contributed by atoms with Crippen molar-refractivity contribution in [3.05, 3.63) is 41.0 Å². The molecule has 0 bridgehead atoms. The van der Waals surface area contributed by atoms with Crippen LogP contribution in [0, 0.1) is 62.9 Å². The van der Waals surface area contributed by atoms with Gasteiger partial charge in [0.1, 0.15) is 17.2 Å². The van der Waals surface area contributed by atoms with E-state index in [1.807, 2.05) is 14.1 Å². The zero-order valence-corrected chi connectivity index (χ0v) is 27.6. The molecule has 5 aliphatic rings. The molecule has 1 aromatic rings. The maximum atomic E-state index is 14.8. The number of hydrogen-bond donors (Lipinski definition) is 2. The highest BCUT2D eigenvalue weighted by Crippen LogP contribution is 2.73. The van der Waals surface area contributed by atoms with Crippen molar-refractivity contribution in [1.29, 1.82) is 0 Å². The Morgan fingerprint density at radius 3 is 2.27 bits per heavy atom. The number of amides is 1. The van der Waals surface area contributed by atoms with Gasteiger partial charge in [0.25, 0.3) is 0 Å². The number of carboxylic acid groups (broad SMARTS) is 1. The maximum Gasteiger partial charge on any atom is 0.341 e. The fourth-order valence-electron chi connectivity index (χ4n) is 12.2. The lowest BCUT2D eigenvalue weighted by Crippen LogP contribution is -2.62. The summed E-state index contributed by atoms with van der Waals surface area (Å²) < 4.78 is 29.6. The van der Waals surface area contributed by atoms with E-state index in [1.54, 1.807) is 0 Å². The summed E-state index contributed by atoms with van der Waals surface area (Å²) in [6.07, 6.45) is 13.2. The molecule has 0 aromatic heterocycles. The van der Waals surface area contributed by atoms with Gasteiger partial charge in [0.15, 0.2) is 0 Å². The van der Waals surface area contributed by atoms with E-state index in [-0.39, 0.29) is 21.7 Å². The van der Waals surface area contributed by atoms with Gasteiger partial charge in [-0.05, 0) is 141 Å². The van der Waals surface area contributed by atoms with E-state index < -0.39 is 23.2 Å². The Morgan fingerprint density at radius 1 is 0.909 bits per heavy atom. The van der Waals surface area contributed by atoms with E-state index in [2.05, 4.69) is 44.0 Å². The van der Waals surface area contributed by atoms with Crippen LogP contribution in [0.15, 0.2) is 18.2 Å². The van der Waals surface area contributed by atoms with Crippen molar-refractivity contribution in [3.8, 4) is 0 Å². The molecule has 8 atom stereocenters. The van der Waals surface area contributed by atoms with Crippen molar-refractivity contribution in [2.75, 3.05) is 27.2 Å². The molecule has 4 saturated carbocycles. The smallest absolute Gasteiger partial charge is 0.341 e. The summed E-state index contributed by atoms with van der Waals surface area (Å²) in [7, 11) is 4.09. The summed E-state index contributed by atoms with van der Waals surface area (Å²) >= 11 is 0. The Balaban J connectivity index is 1.27. The number of nitrogens with one attached hydrogen (secondary N) is 1. The number of carbonyl (C=O) groups excluding carboxylic acids is 1. The molecular weight excluding hydrogens is 558 g/mol. The van der Waals surface area contributed by atoms with Crippen LogP contribution in [0.2, 0.25) is 0 Å². The van der Waals surface area contributed by atoms with Crippen molar-refractivity contribution in [2.45, 2.75) is 91.9 Å². The average Bonchev–Trinajstić information content (AvgIpc) is 3.37. The first-order valence-corrected chi connectivity index (χ1v) is 17.0. The Labute approximate surface area is 262 Å². The number of hydrogen-bond acceptors (Lipinski definition) is 3. The fraction of sp³-hybridized carbons (Fsp3) is 0.730. The van der Waals surface area contributed by atoms with Gasteiger partial charge in [0, 0.05) is 13.1 Å². The lowest BCUT2D eigenvalue weighted by molar-refractivity contribution is -0.181. The molecule has 4 unspecified atom stereocenters. The molecule has 7 heteroatoms. The fourth-order valence-corrected chi connectivity index (χ4v) is 12.2. The van der Waals surface area contributed by atoms with E-state index in [0.29, 0.717) is 47.6 Å². The second-order valence-corrected chi connectivity index (χ2v) is 16.4. The Kier molecular flexibility index (Phi) is 7.86. The summed E-state index contributed by atoms with van der Waals surface area (Å²) in [4.78, 5) is 27.3. The molecule has 0 saturated heterocycles. The number of fused-ring (bicyclic) bond motifs is 7. The molecule has 44 heavy (non-hydrogen) atoms. The standard InChI is InChI=1S/C37H52F2N2O3/c1-34(2)24(22-20-27(38)31(32(42)43)28(39)21-22)11-15-36(4)29(34)13-16-35(3)25-12-17-37(33(44)40-18-19-41(5)6)14-7-8-26(37)23(25)9-10-30(35)36/h11,20-21,23,25-26,29-30H,7-10,12-19H2,1-6H3,(H,40,44)(H,42,43)/t23-,25?,26?,29?,30?,35-,36-,37-/m0/s1. The van der Waals surface area contributed by atoms with Crippen LogP contribution in [0.1, 0.15) is 108 Å². The maximum absolute atomic E-state index is 14.8. The third kappa shape index (κ3) is 4.60. The first-order valence-electron chi connectivity index (χ1n) is 17.0. The van der Waals surface area contributed by atoms with Crippen molar-refractivity contribution in [1.82, 2.24) is 10.2 Å². The summed E-state index contributed by atoms with van der Waals surface area (Å²) in [5, 5.41) is 12.6. The van der Waals surface area contributed by atoms with Crippen LogP contribution < -0.4 is 5.32 Å². The third-order valence-electron chi connectivity index (χ3n) is 14.0. The molecule has 0 heterocycles. The summed E-state index contributed by atoms with van der Waals surface area (Å²) in [6, 6.07) is 2.43. The van der Waals surface area contributed by atoms with Gasteiger partial charge in [-0.25, -0.2) is 13.6 Å². The molecule has 4 fully saturated rings. The minimum absolute atomic E-state index is 0.0663. The molecule has 2 N–H and O–H groups in total. The summed E-state index contributed by atoms with van der Waals surface area (Å²) in [5.74, 6) is -0.683. The summed E-state index contributed by atoms with van der Waals surface area (Å²) in [5.41, 5.74) is 0.283. The number of nitrogens with zero attached hydrogens (tertiary/aromatic N) is 1. The van der Waals surface area contributed by atoms with E-state index >= 15 is 0 Å². The van der Waals surface area contributed by atoms with Crippen LogP contribution in [-0.2, 0) is 4.79 Å². The van der Waals surface area contributed by atoms with E-state index in [1.165, 1.54) is 31.4 Å². The molecule has 6 rings (SSSR count). The van der Waals surface area contributed by atoms with Gasteiger partial charge in [-0.1, -0.05) is 40.2 Å². The number of halogens is 2. The quantitative estimate of drug-likeness (QED) is 0.345. The van der Waals surface area contributed by atoms with Gasteiger partial charge in [0.2, 0.25) is 5.91 Å². The number of carboxylic acids is 1. The number of benzene rings is 1.